The fraction of sp³-hybridized carbons (Fsp3) is 0.278. The van der Waals surface area contributed by atoms with Crippen molar-refractivity contribution in [3.63, 3.8) is 0 Å². The SMILES string of the molecule is O=C(CNc1ccc(F)c([N+](=O)[O-])c1)N(c1ccccc1)[C@@H]1CCS(=O)(=O)C1. The molecule has 2 aromatic carbocycles. The van der Waals surface area contributed by atoms with E-state index in [4.69, 9.17) is 0 Å². The van der Waals surface area contributed by atoms with E-state index >= 15 is 0 Å². The predicted octanol–water partition coefficient (Wildman–Crippen LogP) is 2.37. The highest BCUT2D eigenvalue weighted by molar-refractivity contribution is 7.91. The summed E-state index contributed by atoms with van der Waals surface area (Å²) in [4.78, 5) is 24.3. The summed E-state index contributed by atoms with van der Waals surface area (Å²) in [7, 11) is -3.20. The molecule has 0 bridgehead atoms. The molecule has 1 saturated heterocycles. The smallest absolute Gasteiger partial charge is 0.306 e. The molecular formula is C18H18FN3O5S. The van der Waals surface area contributed by atoms with E-state index < -0.39 is 32.3 Å². The van der Waals surface area contributed by atoms with Gasteiger partial charge >= 0.3 is 5.69 Å². The van der Waals surface area contributed by atoms with Crippen molar-refractivity contribution in [2.45, 2.75) is 12.5 Å². The number of hydrogen-bond donors (Lipinski definition) is 1. The maximum Gasteiger partial charge on any atom is 0.306 e. The lowest BCUT2D eigenvalue weighted by Gasteiger charge is -2.28. The van der Waals surface area contributed by atoms with Crippen molar-refractivity contribution >= 4 is 32.8 Å². The summed E-state index contributed by atoms with van der Waals surface area (Å²) in [6.45, 7) is -0.228. The molecule has 1 fully saturated rings. The van der Waals surface area contributed by atoms with Gasteiger partial charge in [-0.2, -0.15) is 4.39 Å². The summed E-state index contributed by atoms with van der Waals surface area (Å²) in [5, 5.41) is 13.6. The number of carbonyl (C=O) groups excluding carboxylic acids is 1. The van der Waals surface area contributed by atoms with Crippen LogP contribution in [0.2, 0.25) is 0 Å². The van der Waals surface area contributed by atoms with Crippen molar-refractivity contribution in [1.29, 1.82) is 0 Å². The molecule has 1 aliphatic rings. The van der Waals surface area contributed by atoms with Crippen molar-refractivity contribution in [3.05, 3.63) is 64.5 Å². The molecule has 0 unspecified atom stereocenters. The first-order valence-corrected chi connectivity index (χ1v) is 10.3. The Hall–Kier alpha value is -3.01. The van der Waals surface area contributed by atoms with Crippen molar-refractivity contribution in [1.82, 2.24) is 0 Å². The lowest BCUT2D eigenvalue weighted by Crippen LogP contribution is -2.44. The van der Waals surface area contributed by atoms with Gasteiger partial charge in [0.05, 0.1) is 29.0 Å². The topological polar surface area (TPSA) is 110 Å². The average molecular weight is 407 g/mol. The number of nitro benzene ring substituents is 1. The molecule has 0 aromatic heterocycles. The molecular weight excluding hydrogens is 389 g/mol. The number of para-hydroxylation sites is 1. The number of anilines is 2. The minimum atomic E-state index is -3.20. The molecule has 2 aromatic rings. The minimum absolute atomic E-state index is 0.0197. The van der Waals surface area contributed by atoms with E-state index in [2.05, 4.69) is 5.32 Å². The van der Waals surface area contributed by atoms with E-state index in [1.807, 2.05) is 0 Å². The molecule has 8 nitrogen and oxygen atoms in total. The Bertz CT molecular complexity index is 998. The van der Waals surface area contributed by atoms with Gasteiger partial charge in [-0.05, 0) is 30.7 Å². The quantitative estimate of drug-likeness (QED) is 0.582. The van der Waals surface area contributed by atoms with Crippen LogP contribution in [-0.4, -0.2) is 43.3 Å². The predicted molar refractivity (Wildman–Crippen MR) is 103 cm³/mol. The highest BCUT2D eigenvalue weighted by atomic mass is 32.2. The summed E-state index contributed by atoms with van der Waals surface area (Å²) in [6.07, 6.45) is 0.338. The number of amides is 1. The molecule has 0 saturated carbocycles. The summed E-state index contributed by atoms with van der Waals surface area (Å²) in [6, 6.07) is 11.5. The number of rotatable bonds is 6. The molecule has 1 amide bonds. The zero-order valence-electron chi connectivity index (χ0n) is 14.7. The molecule has 28 heavy (non-hydrogen) atoms. The lowest BCUT2D eigenvalue weighted by atomic mass is 10.1. The lowest BCUT2D eigenvalue weighted by molar-refractivity contribution is -0.387. The van der Waals surface area contributed by atoms with Gasteiger partial charge in [0.2, 0.25) is 11.7 Å². The Labute approximate surface area is 161 Å². The number of hydrogen-bond acceptors (Lipinski definition) is 6. The van der Waals surface area contributed by atoms with Crippen molar-refractivity contribution in [2.24, 2.45) is 0 Å². The fourth-order valence-electron chi connectivity index (χ4n) is 3.15. The Kier molecular flexibility index (Phi) is 5.59. The Balaban J connectivity index is 1.79. The molecule has 1 aliphatic heterocycles. The van der Waals surface area contributed by atoms with E-state index in [9.17, 15) is 27.7 Å². The van der Waals surface area contributed by atoms with Crippen LogP contribution in [-0.2, 0) is 14.6 Å². The second-order valence-electron chi connectivity index (χ2n) is 6.43. The highest BCUT2D eigenvalue weighted by Gasteiger charge is 2.35. The standard InChI is InChI=1S/C18H18FN3O5S/c19-16-7-6-13(10-17(16)22(24)25)20-11-18(23)21(14-4-2-1-3-5-14)15-8-9-28(26,27)12-15/h1-7,10,15,20H,8-9,11-12H2/t15-/m1/s1. The summed E-state index contributed by atoms with van der Waals surface area (Å²) < 4.78 is 37.2. The molecule has 0 radical (unpaired) electrons. The Morgan fingerprint density at radius 3 is 2.57 bits per heavy atom. The van der Waals surface area contributed by atoms with Gasteiger partial charge in [0.1, 0.15) is 0 Å². The van der Waals surface area contributed by atoms with Crippen LogP contribution < -0.4 is 10.2 Å². The van der Waals surface area contributed by atoms with Gasteiger partial charge in [0, 0.05) is 17.4 Å². The van der Waals surface area contributed by atoms with Crippen LogP contribution in [0.1, 0.15) is 6.42 Å². The maximum absolute atomic E-state index is 13.4. The van der Waals surface area contributed by atoms with Crippen LogP contribution in [0.3, 0.4) is 0 Å². The molecule has 0 aliphatic carbocycles. The first-order valence-electron chi connectivity index (χ1n) is 8.52. The van der Waals surface area contributed by atoms with Crippen LogP contribution in [0.25, 0.3) is 0 Å². The normalized spacial score (nSPS) is 17.8. The van der Waals surface area contributed by atoms with Gasteiger partial charge in [-0.3, -0.25) is 14.9 Å². The number of halogens is 1. The molecule has 0 spiro atoms. The fourth-order valence-corrected chi connectivity index (χ4v) is 4.85. The molecule has 1 heterocycles. The van der Waals surface area contributed by atoms with Crippen LogP contribution in [0, 0.1) is 15.9 Å². The number of nitro groups is 1. The van der Waals surface area contributed by atoms with E-state index in [1.54, 1.807) is 30.3 Å². The van der Waals surface area contributed by atoms with Crippen LogP contribution >= 0.6 is 0 Å². The van der Waals surface area contributed by atoms with E-state index in [0.29, 0.717) is 12.1 Å². The van der Waals surface area contributed by atoms with Gasteiger partial charge in [0.15, 0.2) is 9.84 Å². The first kappa shape index (κ1) is 19.7. The molecule has 1 N–H and O–H groups in total. The largest absolute Gasteiger partial charge is 0.376 e. The van der Waals surface area contributed by atoms with E-state index in [0.717, 1.165) is 12.1 Å². The number of nitrogens with one attached hydrogen (secondary N) is 1. The van der Waals surface area contributed by atoms with Crippen LogP contribution in [0.15, 0.2) is 48.5 Å². The van der Waals surface area contributed by atoms with Gasteiger partial charge in [-0.1, -0.05) is 18.2 Å². The Morgan fingerprint density at radius 1 is 1.25 bits per heavy atom. The zero-order valence-corrected chi connectivity index (χ0v) is 15.6. The van der Waals surface area contributed by atoms with Crippen molar-refractivity contribution < 1.29 is 22.5 Å². The monoisotopic (exact) mass is 407 g/mol. The summed E-state index contributed by atoms with van der Waals surface area (Å²) >= 11 is 0. The van der Waals surface area contributed by atoms with Gasteiger partial charge in [-0.15, -0.1) is 0 Å². The zero-order chi connectivity index (χ0) is 20.3. The molecule has 10 heteroatoms. The molecule has 1 atom stereocenters. The van der Waals surface area contributed by atoms with Crippen molar-refractivity contribution in [2.75, 3.05) is 28.3 Å². The second kappa shape index (κ2) is 7.93. The first-order chi connectivity index (χ1) is 13.3. The number of sulfone groups is 1. The van der Waals surface area contributed by atoms with Gasteiger partial charge in [0.25, 0.3) is 0 Å². The average Bonchev–Trinajstić information content (AvgIpc) is 3.01. The third-order valence-corrected chi connectivity index (χ3v) is 6.21. The maximum atomic E-state index is 13.4. The van der Waals surface area contributed by atoms with Crippen LogP contribution in [0.5, 0.6) is 0 Å². The molecule has 148 valence electrons. The third-order valence-electron chi connectivity index (χ3n) is 4.46. The highest BCUT2D eigenvalue weighted by Crippen LogP contribution is 2.25. The minimum Gasteiger partial charge on any atom is -0.376 e. The Morgan fingerprint density at radius 2 is 1.96 bits per heavy atom. The summed E-state index contributed by atoms with van der Waals surface area (Å²) in [5.74, 6) is -1.45. The van der Waals surface area contributed by atoms with Gasteiger partial charge < -0.3 is 10.2 Å². The second-order valence-corrected chi connectivity index (χ2v) is 8.66. The van der Waals surface area contributed by atoms with Crippen LogP contribution in [0.4, 0.5) is 21.5 Å². The van der Waals surface area contributed by atoms with Gasteiger partial charge in [-0.25, -0.2) is 8.42 Å². The third kappa shape index (κ3) is 4.45. The van der Waals surface area contributed by atoms with Crippen molar-refractivity contribution in [3.8, 4) is 0 Å². The number of nitrogens with zero attached hydrogens (tertiary/aromatic N) is 2. The molecule has 3 rings (SSSR count). The van der Waals surface area contributed by atoms with E-state index in [-0.39, 0.29) is 29.6 Å². The number of carbonyl (C=O) groups is 1. The number of benzene rings is 2. The summed E-state index contributed by atoms with van der Waals surface area (Å²) in [5.41, 5.74) is 0.0919. The van der Waals surface area contributed by atoms with E-state index in [1.165, 1.54) is 11.0 Å².